The standard InChI is InChI=1S/C23H34N2O/c1-5-23(26)25(22-14-10-7-11-15-22)20(3)16-17-24(4)18-19(2)21-12-8-6-9-13-21/h6-15,19-20,23,26H,5,16-18H2,1-4H3. The van der Waals surface area contributed by atoms with E-state index in [-0.39, 0.29) is 6.04 Å². The molecule has 2 aromatic carbocycles. The molecule has 0 amide bonds. The van der Waals surface area contributed by atoms with E-state index in [4.69, 9.17) is 0 Å². The van der Waals surface area contributed by atoms with Crippen molar-refractivity contribution in [3.05, 3.63) is 66.2 Å². The van der Waals surface area contributed by atoms with Gasteiger partial charge in [-0.3, -0.25) is 0 Å². The maximum atomic E-state index is 10.5. The third kappa shape index (κ3) is 5.86. The van der Waals surface area contributed by atoms with E-state index in [1.807, 2.05) is 25.1 Å². The fourth-order valence-electron chi connectivity index (χ4n) is 3.51. The molecule has 142 valence electrons. The SMILES string of the molecule is CCC(O)N(c1ccccc1)C(C)CCN(C)CC(C)c1ccccc1. The third-order valence-electron chi connectivity index (χ3n) is 5.10. The number of nitrogens with zero attached hydrogens (tertiary/aromatic N) is 2. The second kappa shape index (κ2) is 10.3. The molecule has 0 aliphatic rings. The van der Waals surface area contributed by atoms with Crippen LogP contribution in [-0.4, -0.2) is 42.4 Å². The predicted molar refractivity (Wildman–Crippen MR) is 112 cm³/mol. The second-order valence-electron chi connectivity index (χ2n) is 7.34. The summed E-state index contributed by atoms with van der Waals surface area (Å²) in [6.45, 7) is 8.57. The summed E-state index contributed by atoms with van der Waals surface area (Å²) in [5.41, 5.74) is 2.48. The Morgan fingerprint density at radius 3 is 2.08 bits per heavy atom. The smallest absolute Gasteiger partial charge is 0.126 e. The summed E-state index contributed by atoms with van der Waals surface area (Å²) < 4.78 is 0. The molecule has 2 rings (SSSR count). The van der Waals surface area contributed by atoms with Crippen LogP contribution in [0.4, 0.5) is 5.69 Å². The summed E-state index contributed by atoms with van der Waals surface area (Å²) in [4.78, 5) is 4.55. The lowest BCUT2D eigenvalue weighted by atomic mass is 10.0. The highest BCUT2D eigenvalue weighted by atomic mass is 16.3. The Bertz CT molecular complexity index is 617. The van der Waals surface area contributed by atoms with Crippen LogP contribution in [0.3, 0.4) is 0 Å². The Balaban J connectivity index is 1.91. The number of hydrogen-bond donors (Lipinski definition) is 1. The minimum Gasteiger partial charge on any atom is -0.374 e. The molecular formula is C23H34N2O. The molecule has 1 N–H and O–H groups in total. The summed E-state index contributed by atoms with van der Waals surface area (Å²) in [5, 5.41) is 10.5. The fraction of sp³-hybridized carbons (Fsp3) is 0.478. The number of aliphatic hydroxyl groups excluding tert-OH is 1. The van der Waals surface area contributed by atoms with E-state index in [2.05, 4.69) is 73.2 Å². The van der Waals surface area contributed by atoms with E-state index in [0.29, 0.717) is 5.92 Å². The molecule has 0 aromatic heterocycles. The minimum absolute atomic E-state index is 0.279. The topological polar surface area (TPSA) is 26.7 Å². The molecule has 3 unspecified atom stereocenters. The van der Waals surface area contributed by atoms with Crippen molar-refractivity contribution in [1.82, 2.24) is 4.90 Å². The summed E-state index contributed by atoms with van der Waals surface area (Å²) in [7, 11) is 2.19. The number of rotatable bonds is 10. The van der Waals surface area contributed by atoms with Gasteiger partial charge in [-0.25, -0.2) is 0 Å². The maximum absolute atomic E-state index is 10.5. The average molecular weight is 355 g/mol. The Morgan fingerprint density at radius 2 is 1.50 bits per heavy atom. The van der Waals surface area contributed by atoms with E-state index < -0.39 is 6.23 Å². The van der Waals surface area contributed by atoms with Gasteiger partial charge in [0.1, 0.15) is 6.23 Å². The lowest BCUT2D eigenvalue weighted by Crippen LogP contribution is -2.43. The van der Waals surface area contributed by atoms with Crippen molar-refractivity contribution in [2.75, 3.05) is 25.0 Å². The molecule has 3 heteroatoms. The van der Waals surface area contributed by atoms with Crippen molar-refractivity contribution in [3.8, 4) is 0 Å². The molecule has 2 aromatic rings. The summed E-state index contributed by atoms with van der Waals surface area (Å²) in [6, 6.07) is 21.2. The minimum atomic E-state index is -0.444. The van der Waals surface area contributed by atoms with Crippen LogP contribution in [0.2, 0.25) is 0 Å². The molecule has 0 heterocycles. The van der Waals surface area contributed by atoms with Crippen LogP contribution in [0.1, 0.15) is 45.1 Å². The first-order chi connectivity index (χ1) is 12.5. The Morgan fingerprint density at radius 1 is 0.923 bits per heavy atom. The monoisotopic (exact) mass is 354 g/mol. The van der Waals surface area contributed by atoms with Gasteiger partial charge < -0.3 is 14.9 Å². The number of aliphatic hydroxyl groups is 1. The number of benzene rings is 2. The number of likely N-dealkylation sites (N-methyl/N-ethyl adjacent to an activating group) is 1. The molecule has 0 saturated carbocycles. The van der Waals surface area contributed by atoms with Gasteiger partial charge in [-0.1, -0.05) is 62.4 Å². The van der Waals surface area contributed by atoms with Crippen molar-refractivity contribution >= 4 is 5.69 Å². The highest BCUT2D eigenvalue weighted by Crippen LogP contribution is 2.22. The molecule has 0 spiro atoms. The van der Waals surface area contributed by atoms with Gasteiger partial charge >= 0.3 is 0 Å². The average Bonchev–Trinajstić information content (AvgIpc) is 2.68. The summed E-state index contributed by atoms with van der Waals surface area (Å²) >= 11 is 0. The third-order valence-corrected chi connectivity index (χ3v) is 5.10. The van der Waals surface area contributed by atoms with Gasteiger partial charge in [-0.15, -0.1) is 0 Å². The molecule has 0 radical (unpaired) electrons. The highest BCUT2D eigenvalue weighted by Gasteiger charge is 2.21. The molecular weight excluding hydrogens is 320 g/mol. The van der Waals surface area contributed by atoms with Crippen molar-refractivity contribution < 1.29 is 5.11 Å². The van der Waals surface area contributed by atoms with Gasteiger partial charge in [-0.05, 0) is 57.0 Å². The van der Waals surface area contributed by atoms with E-state index in [9.17, 15) is 5.11 Å². The van der Waals surface area contributed by atoms with E-state index in [0.717, 1.165) is 31.6 Å². The zero-order chi connectivity index (χ0) is 18.9. The van der Waals surface area contributed by atoms with Gasteiger partial charge in [0.05, 0.1) is 0 Å². The molecule has 0 saturated heterocycles. The van der Waals surface area contributed by atoms with Crippen LogP contribution in [0.25, 0.3) is 0 Å². The Kier molecular flexibility index (Phi) is 8.14. The summed E-state index contributed by atoms with van der Waals surface area (Å²) in [5.74, 6) is 0.517. The quantitative estimate of drug-likeness (QED) is 0.625. The second-order valence-corrected chi connectivity index (χ2v) is 7.34. The molecule has 26 heavy (non-hydrogen) atoms. The van der Waals surface area contributed by atoms with Crippen molar-refractivity contribution in [2.45, 2.75) is 51.8 Å². The number of hydrogen-bond acceptors (Lipinski definition) is 3. The zero-order valence-corrected chi connectivity index (χ0v) is 16.7. The van der Waals surface area contributed by atoms with Crippen LogP contribution >= 0.6 is 0 Å². The van der Waals surface area contributed by atoms with Crippen molar-refractivity contribution in [2.24, 2.45) is 0 Å². The van der Waals surface area contributed by atoms with Gasteiger partial charge in [-0.2, -0.15) is 0 Å². The molecule has 0 bridgehead atoms. The van der Waals surface area contributed by atoms with E-state index in [1.54, 1.807) is 0 Å². The maximum Gasteiger partial charge on any atom is 0.126 e. The van der Waals surface area contributed by atoms with Gasteiger partial charge in [0, 0.05) is 18.3 Å². The highest BCUT2D eigenvalue weighted by molar-refractivity contribution is 5.47. The largest absolute Gasteiger partial charge is 0.374 e. The first-order valence-corrected chi connectivity index (χ1v) is 9.77. The molecule has 3 nitrogen and oxygen atoms in total. The van der Waals surface area contributed by atoms with Gasteiger partial charge in [0.25, 0.3) is 0 Å². The molecule has 3 atom stereocenters. The van der Waals surface area contributed by atoms with Crippen LogP contribution in [0.5, 0.6) is 0 Å². The predicted octanol–water partition coefficient (Wildman–Crippen LogP) is 4.74. The fourth-order valence-corrected chi connectivity index (χ4v) is 3.51. The molecule has 0 aliphatic heterocycles. The van der Waals surface area contributed by atoms with Gasteiger partial charge in [0.15, 0.2) is 0 Å². The van der Waals surface area contributed by atoms with Crippen LogP contribution in [-0.2, 0) is 0 Å². The molecule has 0 fully saturated rings. The Labute approximate surface area is 159 Å². The van der Waals surface area contributed by atoms with E-state index in [1.165, 1.54) is 5.56 Å². The summed E-state index contributed by atoms with van der Waals surface area (Å²) in [6.07, 6.45) is 1.30. The number of para-hydroxylation sites is 1. The van der Waals surface area contributed by atoms with Crippen LogP contribution < -0.4 is 4.90 Å². The number of anilines is 1. The molecule has 0 aliphatic carbocycles. The van der Waals surface area contributed by atoms with Crippen molar-refractivity contribution in [1.29, 1.82) is 0 Å². The van der Waals surface area contributed by atoms with Crippen LogP contribution in [0.15, 0.2) is 60.7 Å². The zero-order valence-electron chi connectivity index (χ0n) is 16.7. The van der Waals surface area contributed by atoms with Crippen LogP contribution in [0, 0.1) is 0 Å². The van der Waals surface area contributed by atoms with Crippen molar-refractivity contribution in [3.63, 3.8) is 0 Å². The normalized spacial score (nSPS) is 14.8. The first-order valence-electron chi connectivity index (χ1n) is 9.77. The first kappa shape index (κ1) is 20.5. The lowest BCUT2D eigenvalue weighted by molar-refractivity contribution is 0.151. The van der Waals surface area contributed by atoms with Gasteiger partial charge in [0.2, 0.25) is 0 Å². The Hall–Kier alpha value is -1.84. The lowest BCUT2D eigenvalue weighted by Gasteiger charge is -2.36. The van der Waals surface area contributed by atoms with E-state index >= 15 is 0 Å².